The first kappa shape index (κ1) is 25.4. The lowest BCUT2D eigenvalue weighted by Gasteiger charge is -2.14. The summed E-state index contributed by atoms with van der Waals surface area (Å²) in [5, 5.41) is 10.6. The van der Waals surface area contributed by atoms with E-state index in [9.17, 15) is 19.2 Å². The third kappa shape index (κ3) is 4.85. The van der Waals surface area contributed by atoms with E-state index in [1.807, 2.05) is 39.0 Å². The van der Waals surface area contributed by atoms with Crippen LogP contribution in [0.25, 0.3) is 16.7 Å². The molecular weight excluding hydrogens is 484 g/mol. The van der Waals surface area contributed by atoms with Gasteiger partial charge in [0.1, 0.15) is 6.54 Å². The topological polar surface area (TPSA) is 120 Å². The minimum Gasteiger partial charge on any atom is -0.349 e. The number of hydrogen-bond donors (Lipinski definition) is 2. The average molecular weight is 517 g/mol. The molecule has 0 unspecified atom stereocenters. The van der Waals surface area contributed by atoms with E-state index in [0.717, 1.165) is 35.9 Å². The summed E-state index contributed by atoms with van der Waals surface area (Å²) in [5.74, 6) is -0.409. The number of aromatic nitrogens is 4. The minimum atomic E-state index is -0.559. The molecular formula is C28H32N6O4. The number of carbonyl (C=O) groups is 2. The first-order valence-electron chi connectivity index (χ1n) is 13.1. The summed E-state index contributed by atoms with van der Waals surface area (Å²) < 4.78 is 3.85. The highest BCUT2D eigenvalue weighted by Crippen LogP contribution is 2.20. The van der Waals surface area contributed by atoms with Crippen LogP contribution in [-0.4, -0.2) is 36.6 Å². The van der Waals surface area contributed by atoms with Crippen molar-refractivity contribution in [3.05, 3.63) is 74.4 Å². The molecule has 0 radical (unpaired) electrons. The Labute approximate surface area is 219 Å². The van der Waals surface area contributed by atoms with Crippen LogP contribution in [0.5, 0.6) is 0 Å². The van der Waals surface area contributed by atoms with Gasteiger partial charge in [-0.3, -0.25) is 19.0 Å². The van der Waals surface area contributed by atoms with Gasteiger partial charge in [-0.25, -0.2) is 13.9 Å². The number of fused-ring (bicyclic) bond motifs is 3. The lowest BCUT2D eigenvalue weighted by molar-refractivity contribution is -0.117. The first-order valence-corrected chi connectivity index (χ1v) is 13.1. The third-order valence-electron chi connectivity index (χ3n) is 6.99. The van der Waals surface area contributed by atoms with E-state index in [-0.39, 0.29) is 35.7 Å². The van der Waals surface area contributed by atoms with Crippen LogP contribution >= 0.6 is 0 Å². The van der Waals surface area contributed by atoms with Gasteiger partial charge in [0.05, 0.1) is 10.9 Å². The van der Waals surface area contributed by atoms with Gasteiger partial charge in [-0.15, -0.1) is 5.10 Å². The zero-order chi connectivity index (χ0) is 27.0. The molecule has 2 amide bonds. The summed E-state index contributed by atoms with van der Waals surface area (Å²) in [6.45, 7) is 5.83. The van der Waals surface area contributed by atoms with Crippen LogP contribution in [0.2, 0.25) is 0 Å². The lowest BCUT2D eigenvalue weighted by Crippen LogP contribution is -2.33. The van der Waals surface area contributed by atoms with Crippen molar-refractivity contribution in [1.82, 2.24) is 24.1 Å². The molecule has 0 aliphatic heterocycles. The molecule has 2 N–H and O–H groups in total. The van der Waals surface area contributed by atoms with Gasteiger partial charge in [-0.05, 0) is 55.5 Å². The normalized spacial score (nSPS) is 14.0. The second-order valence-electron chi connectivity index (χ2n) is 10.4. The summed E-state index contributed by atoms with van der Waals surface area (Å²) in [7, 11) is 0. The van der Waals surface area contributed by atoms with Gasteiger partial charge >= 0.3 is 5.69 Å². The molecule has 0 spiro atoms. The molecule has 38 heavy (non-hydrogen) atoms. The Morgan fingerprint density at radius 2 is 1.82 bits per heavy atom. The summed E-state index contributed by atoms with van der Waals surface area (Å²) in [6, 6.07) is 12.3. The predicted molar refractivity (Wildman–Crippen MR) is 146 cm³/mol. The lowest BCUT2D eigenvalue weighted by atomic mass is 10.1. The number of amides is 2. The molecule has 0 bridgehead atoms. The van der Waals surface area contributed by atoms with Gasteiger partial charge in [0.15, 0.2) is 0 Å². The van der Waals surface area contributed by atoms with E-state index in [2.05, 4.69) is 15.7 Å². The molecule has 10 nitrogen and oxygen atoms in total. The van der Waals surface area contributed by atoms with Gasteiger partial charge in [-0.2, -0.15) is 0 Å². The van der Waals surface area contributed by atoms with Crippen molar-refractivity contribution >= 4 is 34.2 Å². The molecule has 5 rings (SSSR count). The molecule has 1 aliphatic carbocycles. The number of nitrogens with zero attached hydrogens (tertiary/aromatic N) is 4. The fourth-order valence-corrected chi connectivity index (χ4v) is 5.07. The Kier molecular flexibility index (Phi) is 6.88. The number of nitrogens with one attached hydrogen (secondary N) is 2. The SMILES string of the molecule is Cc1ccccc1NC(=O)Cn1nc2n(CC(C)C)c(=O)c3ccc(C(=O)NC4CCCC4)cc3n2c1=O. The fourth-order valence-electron chi connectivity index (χ4n) is 5.07. The molecule has 1 fully saturated rings. The number of hydrogen-bond acceptors (Lipinski definition) is 5. The van der Waals surface area contributed by atoms with Gasteiger partial charge in [0.25, 0.3) is 11.5 Å². The van der Waals surface area contributed by atoms with Crippen molar-refractivity contribution in [2.75, 3.05) is 5.32 Å². The molecule has 2 aromatic heterocycles. The average Bonchev–Trinajstić information content (AvgIpc) is 3.50. The van der Waals surface area contributed by atoms with Crippen LogP contribution in [0.15, 0.2) is 52.1 Å². The van der Waals surface area contributed by atoms with Crippen LogP contribution in [-0.2, 0) is 17.9 Å². The summed E-state index contributed by atoms with van der Waals surface area (Å²) in [6.07, 6.45) is 4.07. The Bertz CT molecular complexity index is 1660. The molecule has 4 aromatic rings. The quantitative estimate of drug-likeness (QED) is 0.391. The van der Waals surface area contributed by atoms with E-state index in [4.69, 9.17) is 0 Å². The standard InChI is InChI=1S/C28H32N6O4/c1-17(2)15-32-26(37)21-13-12-19(25(36)29-20-9-5-6-10-20)14-23(21)34-27(32)31-33(28(34)38)16-24(35)30-22-11-7-4-8-18(22)3/h4,7-8,11-14,17,20H,5-6,9-10,15-16H2,1-3H3,(H,29,36)(H,30,35). The molecule has 0 saturated heterocycles. The summed E-state index contributed by atoms with van der Waals surface area (Å²) in [5.41, 5.74) is 1.34. The Morgan fingerprint density at radius 3 is 2.53 bits per heavy atom. The van der Waals surface area contributed by atoms with Gasteiger partial charge in [0.2, 0.25) is 11.7 Å². The molecule has 2 heterocycles. The largest absolute Gasteiger partial charge is 0.352 e. The molecule has 1 aliphatic rings. The number of rotatable bonds is 7. The maximum absolute atomic E-state index is 13.6. The highest BCUT2D eigenvalue weighted by molar-refractivity contribution is 5.98. The number of carbonyl (C=O) groups excluding carboxylic acids is 2. The maximum Gasteiger partial charge on any atom is 0.352 e. The third-order valence-corrected chi connectivity index (χ3v) is 6.99. The van der Waals surface area contributed by atoms with Crippen molar-refractivity contribution in [2.24, 2.45) is 5.92 Å². The van der Waals surface area contributed by atoms with Crippen LogP contribution in [0, 0.1) is 12.8 Å². The number of para-hydroxylation sites is 1. The van der Waals surface area contributed by atoms with E-state index in [1.165, 1.54) is 8.97 Å². The number of aryl methyl sites for hydroxylation is 1. The summed E-state index contributed by atoms with van der Waals surface area (Å²) >= 11 is 0. The van der Waals surface area contributed by atoms with Crippen molar-refractivity contribution in [1.29, 1.82) is 0 Å². The van der Waals surface area contributed by atoms with Crippen LogP contribution in [0.3, 0.4) is 0 Å². The van der Waals surface area contributed by atoms with Crippen molar-refractivity contribution in [3.8, 4) is 0 Å². The van der Waals surface area contributed by atoms with Crippen LogP contribution < -0.4 is 21.9 Å². The molecule has 10 heteroatoms. The van der Waals surface area contributed by atoms with Crippen molar-refractivity contribution in [3.63, 3.8) is 0 Å². The fraction of sp³-hybridized carbons (Fsp3) is 0.393. The Morgan fingerprint density at radius 1 is 1.08 bits per heavy atom. The van der Waals surface area contributed by atoms with Crippen LogP contribution in [0.4, 0.5) is 5.69 Å². The van der Waals surface area contributed by atoms with E-state index >= 15 is 0 Å². The molecule has 1 saturated carbocycles. The summed E-state index contributed by atoms with van der Waals surface area (Å²) in [4.78, 5) is 52.8. The molecule has 0 atom stereocenters. The second-order valence-corrected chi connectivity index (χ2v) is 10.4. The van der Waals surface area contributed by atoms with Gasteiger partial charge < -0.3 is 10.6 Å². The monoisotopic (exact) mass is 516 g/mol. The van der Waals surface area contributed by atoms with Gasteiger partial charge in [-0.1, -0.05) is 44.9 Å². The zero-order valence-electron chi connectivity index (χ0n) is 21.9. The minimum absolute atomic E-state index is 0.106. The number of anilines is 1. The number of benzene rings is 2. The van der Waals surface area contributed by atoms with E-state index in [0.29, 0.717) is 28.7 Å². The predicted octanol–water partition coefficient (Wildman–Crippen LogP) is 3.09. The highest BCUT2D eigenvalue weighted by Gasteiger charge is 2.22. The highest BCUT2D eigenvalue weighted by atomic mass is 16.2. The Balaban J connectivity index is 1.59. The van der Waals surface area contributed by atoms with Crippen LogP contribution in [0.1, 0.15) is 55.5 Å². The van der Waals surface area contributed by atoms with Crippen molar-refractivity contribution < 1.29 is 9.59 Å². The first-order chi connectivity index (χ1) is 18.2. The van der Waals surface area contributed by atoms with E-state index < -0.39 is 11.6 Å². The molecule has 198 valence electrons. The molecule has 2 aromatic carbocycles. The van der Waals surface area contributed by atoms with Gasteiger partial charge in [0, 0.05) is 23.8 Å². The second kappa shape index (κ2) is 10.3. The van der Waals surface area contributed by atoms with E-state index in [1.54, 1.807) is 24.3 Å². The smallest absolute Gasteiger partial charge is 0.349 e. The zero-order valence-corrected chi connectivity index (χ0v) is 21.9. The maximum atomic E-state index is 13.6. The Hall–Kier alpha value is -4.21. The van der Waals surface area contributed by atoms with Crippen molar-refractivity contribution in [2.45, 2.75) is 65.6 Å².